The summed E-state index contributed by atoms with van der Waals surface area (Å²) in [6.07, 6.45) is 1.58. The number of amides is 1. The van der Waals surface area contributed by atoms with Gasteiger partial charge in [-0.1, -0.05) is 6.92 Å². The Morgan fingerprint density at radius 3 is 2.66 bits per heavy atom. The summed E-state index contributed by atoms with van der Waals surface area (Å²) in [6, 6.07) is 0. The fraction of sp³-hybridized carbons (Fsp3) is 0.773. The van der Waals surface area contributed by atoms with Gasteiger partial charge in [-0.2, -0.15) is 0 Å². The highest BCUT2D eigenvalue weighted by Crippen LogP contribution is 2.36. The molecule has 2 N–H and O–H groups in total. The maximum Gasteiger partial charge on any atom is 0.330 e. The Morgan fingerprint density at radius 2 is 2.03 bits per heavy atom. The highest BCUT2D eigenvalue weighted by Gasteiger charge is 2.45. The molecule has 0 aliphatic carbocycles. The molecule has 0 aromatic carbocycles. The molecule has 32 heavy (non-hydrogen) atoms. The van der Waals surface area contributed by atoms with Crippen molar-refractivity contribution >= 4 is 5.91 Å². The number of carbonyl (C=O) groups excluding carboxylic acids is 1. The number of nitrogens with one attached hydrogen (secondary N) is 2. The first-order chi connectivity index (χ1) is 15.2. The third kappa shape index (κ3) is 5.86. The number of hydrogen-bond acceptors (Lipinski definition) is 7. The van der Waals surface area contributed by atoms with Crippen LogP contribution in [0.5, 0.6) is 0 Å². The van der Waals surface area contributed by atoms with Gasteiger partial charge in [0, 0.05) is 25.3 Å². The number of carbonyl (C=O) groups is 1. The molecule has 2 fully saturated rings. The van der Waals surface area contributed by atoms with E-state index >= 15 is 0 Å². The molecule has 1 aromatic rings. The van der Waals surface area contributed by atoms with E-state index in [2.05, 4.69) is 10.3 Å². The van der Waals surface area contributed by atoms with Crippen LogP contribution >= 0.6 is 0 Å². The van der Waals surface area contributed by atoms with Crippen molar-refractivity contribution in [2.45, 2.75) is 84.2 Å². The predicted molar refractivity (Wildman–Crippen MR) is 117 cm³/mol. The largest absolute Gasteiger partial charge is 0.376 e. The lowest BCUT2D eigenvalue weighted by atomic mass is 10.0. The van der Waals surface area contributed by atoms with E-state index in [0.29, 0.717) is 19.8 Å². The fourth-order valence-corrected chi connectivity index (χ4v) is 4.09. The smallest absolute Gasteiger partial charge is 0.330 e. The van der Waals surface area contributed by atoms with Gasteiger partial charge < -0.3 is 24.3 Å². The molecular formula is C22H35N3O7. The zero-order chi connectivity index (χ0) is 23.4. The molecular weight excluding hydrogens is 418 g/mol. The molecule has 5 atom stereocenters. The predicted octanol–water partition coefficient (Wildman–Crippen LogP) is 1.20. The van der Waals surface area contributed by atoms with Gasteiger partial charge in [0.2, 0.25) is 0 Å². The molecule has 2 aliphatic heterocycles. The van der Waals surface area contributed by atoms with E-state index in [1.165, 1.54) is 10.8 Å². The zero-order valence-electron chi connectivity index (χ0n) is 19.5. The van der Waals surface area contributed by atoms with Gasteiger partial charge in [0.1, 0.15) is 17.9 Å². The summed E-state index contributed by atoms with van der Waals surface area (Å²) < 4.78 is 24.7. The average molecular weight is 454 g/mol. The molecule has 0 radical (unpaired) electrons. The van der Waals surface area contributed by atoms with Crippen molar-refractivity contribution in [3.05, 3.63) is 32.6 Å². The molecule has 3 rings (SSSR count). The summed E-state index contributed by atoms with van der Waals surface area (Å²) in [7, 11) is 0. The van der Waals surface area contributed by atoms with Gasteiger partial charge in [0.15, 0.2) is 0 Å². The van der Waals surface area contributed by atoms with E-state index in [-0.39, 0.29) is 35.9 Å². The number of aromatic amines is 1. The van der Waals surface area contributed by atoms with E-state index in [9.17, 15) is 14.4 Å². The Labute approximate surface area is 187 Å². The minimum Gasteiger partial charge on any atom is -0.376 e. The van der Waals surface area contributed by atoms with Crippen molar-refractivity contribution in [1.29, 1.82) is 0 Å². The van der Waals surface area contributed by atoms with Crippen LogP contribution in [0.1, 0.15) is 64.0 Å². The SMILES string of the molecule is CC(C)OC[C@H]1O[C@@H](n2cc(C(=O)NC[C@@H]3CCCO3)c(=O)[nH]c2=O)[C@@H](C)C1OC(C)C. The Kier molecular flexibility index (Phi) is 8.26. The summed E-state index contributed by atoms with van der Waals surface area (Å²) >= 11 is 0. The second kappa shape index (κ2) is 10.7. The average Bonchev–Trinajstić information content (AvgIpc) is 3.34. The highest BCUT2D eigenvalue weighted by molar-refractivity contribution is 5.93. The van der Waals surface area contributed by atoms with Gasteiger partial charge in [-0.05, 0) is 40.5 Å². The monoisotopic (exact) mass is 453 g/mol. The lowest BCUT2D eigenvalue weighted by Gasteiger charge is -2.24. The first-order valence-corrected chi connectivity index (χ1v) is 11.3. The van der Waals surface area contributed by atoms with Crippen molar-refractivity contribution in [1.82, 2.24) is 14.9 Å². The number of ether oxygens (including phenoxy) is 4. The standard InChI is InChI=1S/C22H35N3O7/c1-12(2)30-11-17-18(31-13(3)4)14(5)21(32-17)25-10-16(20(27)24-22(25)28)19(26)23-9-15-7-6-8-29-15/h10,12-15,17-18,21H,6-9,11H2,1-5H3,(H,23,26)(H,24,27,28)/t14-,15-,17+,18?,21+/m0/s1. The van der Waals surface area contributed by atoms with E-state index in [0.717, 1.165) is 12.8 Å². The van der Waals surface area contributed by atoms with Crippen LogP contribution in [0.2, 0.25) is 0 Å². The van der Waals surface area contributed by atoms with Crippen LogP contribution in [-0.4, -0.2) is 65.7 Å². The van der Waals surface area contributed by atoms with Gasteiger partial charge in [0.25, 0.3) is 11.5 Å². The molecule has 2 aliphatic rings. The molecule has 1 amide bonds. The quantitative estimate of drug-likeness (QED) is 0.576. The fourth-order valence-electron chi connectivity index (χ4n) is 4.09. The van der Waals surface area contributed by atoms with Crippen LogP contribution in [0.15, 0.2) is 15.8 Å². The number of hydrogen-bond donors (Lipinski definition) is 2. The van der Waals surface area contributed by atoms with Crippen LogP contribution in [-0.2, 0) is 18.9 Å². The van der Waals surface area contributed by atoms with Crippen LogP contribution in [0.25, 0.3) is 0 Å². The van der Waals surface area contributed by atoms with Gasteiger partial charge in [-0.15, -0.1) is 0 Å². The molecule has 0 bridgehead atoms. The zero-order valence-corrected chi connectivity index (χ0v) is 19.5. The van der Waals surface area contributed by atoms with Crippen LogP contribution in [0.3, 0.4) is 0 Å². The minimum atomic E-state index is -0.739. The maximum atomic E-state index is 12.6. The lowest BCUT2D eigenvalue weighted by molar-refractivity contribution is -0.0966. The normalized spacial score (nSPS) is 28.0. The summed E-state index contributed by atoms with van der Waals surface area (Å²) in [4.78, 5) is 39.8. The Balaban J connectivity index is 1.82. The minimum absolute atomic E-state index is 0.0163. The van der Waals surface area contributed by atoms with Crippen LogP contribution < -0.4 is 16.6 Å². The summed E-state index contributed by atoms with van der Waals surface area (Å²) in [5.41, 5.74) is -1.53. The van der Waals surface area contributed by atoms with Gasteiger partial charge in [0.05, 0.1) is 31.0 Å². The topological polar surface area (TPSA) is 121 Å². The molecule has 0 spiro atoms. The van der Waals surface area contributed by atoms with Crippen LogP contribution in [0, 0.1) is 5.92 Å². The van der Waals surface area contributed by atoms with Crippen molar-refractivity contribution in [2.75, 3.05) is 19.8 Å². The maximum absolute atomic E-state index is 12.6. The third-order valence-electron chi connectivity index (χ3n) is 5.67. The van der Waals surface area contributed by atoms with Crippen molar-refractivity contribution in [2.24, 2.45) is 5.92 Å². The molecule has 1 aromatic heterocycles. The summed E-state index contributed by atoms with van der Waals surface area (Å²) in [5.74, 6) is -0.777. The second-order valence-electron chi connectivity index (χ2n) is 9.01. The van der Waals surface area contributed by atoms with E-state index in [1.54, 1.807) is 0 Å². The molecule has 2 saturated heterocycles. The molecule has 10 heteroatoms. The summed E-state index contributed by atoms with van der Waals surface area (Å²) in [6.45, 7) is 10.9. The first kappa shape index (κ1) is 24.6. The Hall–Kier alpha value is -2.01. The number of nitrogens with zero attached hydrogens (tertiary/aromatic N) is 1. The van der Waals surface area contributed by atoms with Crippen molar-refractivity contribution in [3.63, 3.8) is 0 Å². The van der Waals surface area contributed by atoms with Crippen molar-refractivity contribution < 1.29 is 23.7 Å². The number of H-pyrrole nitrogens is 1. The first-order valence-electron chi connectivity index (χ1n) is 11.3. The van der Waals surface area contributed by atoms with E-state index in [4.69, 9.17) is 18.9 Å². The highest BCUT2D eigenvalue weighted by atomic mass is 16.6. The van der Waals surface area contributed by atoms with Gasteiger partial charge in [-0.3, -0.25) is 19.1 Å². The van der Waals surface area contributed by atoms with E-state index in [1.807, 2.05) is 34.6 Å². The molecule has 3 heterocycles. The second-order valence-corrected chi connectivity index (χ2v) is 9.01. The Morgan fingerprint density at radius 1 is 1.28 bits per heavy atom. The Bertz CT molecular complexity index is 888. The molecule has 0 saturated carbocycles. The van der Waals surface area contributed by atoms with Crippen molar-refractivity contribution in [3.8, 4) is 0 Å². The lowest BCUT2D eigenvalue weighted by Crippen LogP contribution is -2.41. The number of aromatic nitrogens is 2. The molecule has 1 unspecified atom stereocenters. The third-order valence-corrected chi connectivity index (χ3v) is 5.67. The molecule has 180 valence electrons. The summed E-state index contributed by atoms with van der Waals surface area (Å²) in [5, 5.41) is 2.72. The van der Waals surface area contributed by atoms with Gasteiger partial charge in [-0.25, -0.2) is 4.79 Å². The van der Waals surface area contributed by atoms with Gasteiger partial charge >= 0.3 is 5.69 Å². The van der Waals surface area contributed by atoms with E-state index < -0.39 is 29.5 Å². The molecule has 10 nitrogen and oxygen atoms in total. The van der Waals surface area contributed by atoms with Crippen LogP contribution in [0.4, 0.5) is 0 Å². The number of rotatable bonds is 9.